The summed E-state index contributed by atoms with van der Waals surface area (Å²) in [6.07, 6.45) is 6.10. The highest BCUT2D eigenvalue weighted by Gasteiger charge is 2.45. The van der Waals surface area contributed by atoms with Crippen LogP contribution < -0.4 is 0 Å². The fourth-order valence-corrected chi connectivity index (χ4v) is 3.16. The summed E-state index contributed by atoms with van der Waals surface area (Å²) in [7, 11) is 0. The summed E-state index contributed by atoms with van der Waals surface area (Å²) in [6.45, 7) is 4.86. The standard InChI is InChI=1S/C9H16/c1-7-3-8-5-9(2,4-7)6-8/h7-8H,3-6H2,1-2H3. The highest BCUT2D eigenvalue weighted by molar-refractivity contribution is 4.96. The second-order valence-corrected chi connectivity index (χ2v) is 4.63. The van der Waals surface area contributed by atoms with Crippen molar-refractivity contribution in [3.8, 4) is 0 Å². The molecule has 0 heteroatoms. The third-order valence-corrected chi connectivity index (χ3v) is 3.14. The Balaban J connectivity index is 2.05. The number of hydrogen-bond acceptors (Lipinski definition) is 0. The van der Waals surface area contributed by atoms with Crippen LogP contribution in [0.25, 0.3) is 0 Å². The minimum atomic E-state index is 0.794. The topological polar surface area (TPSA) is 0 Å². The number of hydrogen-bond donors (Lipinski definition) is 0. The van der Waals surface area contributed by atoms with E-state index in [1.807, 2.05) is 0 Å². The molecule has 0 aromatic rings. The van der Waals surface area contributed by atoms with Gasteiger partial charge in [0.2, 0.25) is 0 Å². The first-order chi connectivity index (χ1) is 4.18. The van der Waals surface area contributed by atoms with Crippen LogP contribution in [0.3, 0.4) is 0 Å². The van der Waals surface area contributed by atoms with Crippen molar-refractivity contribution in [3.05, 3.63) is 0 Å². The van der Waals surface area contributed by atoms with E-state index in [0.717, 1.165) is 17.3 Å². The second-order valence-electron chi connectivity index (χ2n) is 4.63. The van der Waals surface area contributed by atoms with Gasteiger partial charge in [0.25, 0.3) is 0 Å². The normalized spacial score (nSPS) is 56.7. The predicted octanol–water partition coefficient (Wildman–Crippen LogP) is 2.83. The molecule has 0 spiro atoms. The van der Waals surface area contributed by atoms with E-state index in [-0.39, 0.29) is 0 Å². The maximum atomic E-state index is 2.46. The average Bonchev–Trinajstić information content (AvgIpc) is 1.58. The maximum absolute atomic E-state index is 2.46. The fourth-order valence-electron chi connectivity index (χ4n) is 3.16. The summed E-state index contributed by atoms with van der Waals surface area (Å²) in [5.74, 6) is 2.15. The first-order valence-electron chi connectivity index (χ1n) is 4.18. The van der Waals surface area contributed by atoms with Crippen LogP contribution in [0, 0.1) is 17.3 Å². The molecule has 9 heavy (non-hydrogen) atoms. The second kappa shape index (κ2) is 1.53. The summed E-state index contributed by atoms with van der Waals surface area (Å²) in [4.78, 5) is 0. The molecule has 1 atom stereocenters. The molecule has 3 rings (SSSR count). The van der Waals surface area contributed by atoms with Gasteiger partial charge in [-0.05, 0) is 42.9 Å². The lowest BCUT2D eigenvalue weighted by Crippen LogP contribution is -2.41. The Morgan fingerprint density at radius 2 is 1.89 bits per heavy atom. The summed E-state index contributed by atoms with van der Waals surface area (Å²) in [6, 6.07) is 0. The van der Waals surface area contributed by atoms with E-state index in [4.69, 9.17) is 0 Å². The molecular formula is C9H16. The van der Waals surface area contributed by atoms with Crippen LogP contribution >= 0.6 is 0 Å². The Hall–Kier alpha value is 0. The van der Waals surface area contributed by atoms with Crippen molar-refractivity contribution < 1.29 is 0 Å². The zero-order chi connectivity index (χ0) is 6.48. The van der Waals surface area contributed by atoms with Gasteiger partial charge in [0, 0.05) is 0 Å². The monoisotopic (exact) mass is 124 g/mol. The van der Waals surface area contributed by atoms with Gasteiger partial charge < -0.3 is 0 Å². The predicted molar refractivity (Wildman–Crippen MR) is 39.2 cm³/mol. The molecule has 3 fully saturated rings. The minimum Gasteiger partial charge on any atom is -0.0625 e. The molecule has 2 bridgehead atoms. The summed E-state index contributed by atoms with van der Waals surface area (Å²) in [5, 5.41) is 0. The highest BCUT2D eigenvalue weighted by atomic mass is 14.5. The third-order valence-electron chi connectivity index (χ3n) is 3.14. The zero-order valence-electron chi connectivity index (χ0n) is 6.48. The summed E-state index contributed by atoms with van der Waals surface area (Å²) in [5.41, 5.74) is 0.794. The maximum Gasteiger partial charge on any atom is -0.0318 e. The van der Waals surface area contributed by atoms with Gasteiger partial charge in [-0.15, -0.1) is 0 Å². The Morgan fingerprint density at radius 3 is 2.22 bits per heavy atom. The SMILES string of the molecule is CC1CC2CC(C)(C1)C2. The van der Waals surface area contributed by atoms with Gasteiger partial charge in [0.1, 0.15) is 0 Å². The first kappa shape index (κ1) is 5.76. The molecule has 0 heterocycles. The van der Waals surface area contributed by atoms with Crippen molar-refractivity contribution in [2.45, 2.75) is 39.5 Å². The molecule has 0 nitrogen and oxygen atoms in total. The molecule has 3 saturated carbocycles. The Morgan fingerprint density at radius 1 is 1.22 bits per heavy atom. The van der Waals surface area contributed by atoms with Crippen LogP contribution in [0.2, 0.25) is 0 Å². The smallest absolute Gasteiger partial charge is 0.0318 e. The molecule has 0 N–H and O–H groups in total. The van der Waals surface area contributed by atoms with Crippen molar-refractivity contribution in [3.63, 3.8) is 0 Å². The quantitative estimate of drug-likeness (QED) is 0.466. The van der Waals surface area contributed by atoms with Crippen LogP contribution in [-0.2, 0) is 0 Å². The number of fused-ring (bicyclic) bond motifs is 2. The lowest BCUT2D eigenvalue weighted by Gasteiger charge is -2.53. The van der Waals surface area contributed by atoms with Crippen LogP contribution in [0.15, 0.2) is 0 Å². The van der Waals surface area contributed by atoms with Crippen molar-refractivity contribution in [2.75, 3.05) is 0 Å². The van der Waals surface area contributed by atoms with Crippen molar-refractivity contribution >= 4 is 0 Å². The summed E-state index contributed by atoms with van der Waals surface area (Å²) >= 11 is 0. The average molecular weight is 124 g/mol. The molecule has 0 aliphatic heterocycles. The largest absolute Gasteiger partial charge is 0.0625 e. The van der Waals surface area contributed by atoms with Gasteiger partial charge in [-0.2, -0.15) is 0 Å². The Bertz CT molecular complexity index is 117. The van der Waals surface area contributed by atoms with E-state index in [1.54, 1.807) is 0 Å². The molecule has 0 aromatic carbocycles. The van der Waals surface area contributed by atoms with Crippen LogP contribution in [0.4, 0.5) is 0 Å². The summed E-state index contributed by atoms with van der Waals surface area (Å²) < 4.78 is 0. The highest BCUT2D eigenvalue weighted by Crippen LogP contribution is 2.56. The zero-order valence-corrected chi connectivity index (χ0v) is 6.48. The van der Waals surface area contributed by atoms with Crippen molar-refractivity contribution in [2.24, 2.45) is 17.3 Å². The van der Waals surface area contributed by atoms with E-state index in [2.05, 4.69) is 13.8 Å². The van der Waals surface area contributed by atoms with Crippen LogP contribution in [0.1, 0.15) is 39.5 Å². The van der Waals surface area contributed by atoms with Crippen LogP contribution in [-0.4, -0.2) is 0 Å². The van der Waals surface area contributed by atoms with Gasteiger partial charge >= 0.3 is 0 Å². The lowest BCUT2D eigenvalue weighted by atomic mass is 9.53. The van der Waals surface area contributed by atoms with E-state index < -0.39 is 0 Å². The molecule has 0 radical (unpaired) electrons. The van der Waals surface area contributed by atoms with E-state index in [9.17, 15) is 0 Å². The third kappa shape index (κ3) is 0.798. The fraction of sp³-hybridized carbons (Fsp3) is 1.00. The molecule has 52 valence electrons. The molecule has 1 unspecified atom stereocenters. The van der Waals surface area contributed by atoms with Crippen LogP contribution in [0.5, 0.6) is 0 Å². The molecule has 3 aliphatic rings. The minimum absolute atomic E-state index is 0.794. The van der Waals surface area contributed by atoms with E-state index >= 15 is 0 Å². The molecule has 0 saturated heterocycles. The molecular weight excluding hydrogens is 108 g/mol. The van der Waals surface area contributed by atoms with Gasteiger partial charge in [-0.1, -0.05) is 13.8 Å². The lowest BCUT2D eigenvalue weighted by molar-refractivity contribution is -0.0169. The Kier molecular flexibility index (Phi) is 0.980. The van der Waals surface area contributed by atoms with Gasteiger partial charge in [0.15, 0.2) is 0 Å². The van der Waals surface area contributed by atoms with Gasteiger partial charge in [-0.25, -0.2) is 0 Å². The molecule has 0 amide bonds. The molecule has 3 aliphatic carbocycles. The molecule has 0 aromatic heterocycles. The van der Waals surface area contributed by atoms with Crippen molar-refractivity contribution in [1.29, 1.82) is 0 Å². The van der Waals surface area contributed by atoms with Gasteiger partial charge in [0.05, 0.1) is 0 Å². The first-order valence-corrected chi connectivity index (χ1v) is 4.18. The van der Waals surface area contributed by atoms with Crippen molar-refractivity contribution in [1.82, 2.24) is 0 Å². The van der Waals surface area contributed by atoms with Gasteiger partial charge in [-0.3, -0.25) is 0 Å². The number of rotatable bonds is 0. The van der Waals surface area contributed by atoms with E-state index in [1.165, 1.54) is 25.7 Å². The Labute approximate surface area is 57.6 Å². The van der Waals surface area contributed by atoms with E-state index in [0.29, 0.717) is 0 Å².